The van der Waals surface area contributed by atoms with Gasteiger partial charge in [-0.2, -0.15) is 27.7 Å². The Hall–Kier alpha value is -6.15. The average molecular weight is 896 g/mol. The molecule has 62 heavy (non-hydrogen) atoms. The molecule has 0 bridgehead atoms. The second-order valence-electron chi connectivity index (χ2n) is 13.0. The molecule has 0 aliphatic carbocycles. The summed E-state index contributed by atoms with van der Waals surface area (Å²) in [5.74, 6) is -3.15. The first-order valence-electron chi connectivity index (χ1n) is 18.7. The molecule has 4 amide bonds. The van der Waals surface area contributed by atoms with E-state index < -0.39 is 68.0 Å². The summed E-state index contributed by atoms with van der Waals surface area (Å²) in [7, 11) is -2.41. The highest BCUT2D eigenvalue weighted by atomic mass is 32.2. The number of carbonyl (C=O) groups is 4. The minimum atomic E-state index is -5.07. The molecule has 21 nitrogen and oxygen atoms in total. The Labute approximate surface area is 350 Å². The van der Waals surface area contributed by atoms with E-state index in [1.165, 1.54) is 38.6 Å². The van der Waals surface area contributed by atoms with E-state index >= 15 is 0 Å². The van der Waals surface area contributed by atoms with Gasteiger partial charge in [0.25, 0.3) is 27.8 Å². The SMILES string of the molecule is COc1cnc(OC)n2nc(NS(=O)(=O)c3c(OCCOCCOCCOCCOCCOc4ccc5c(c4)C(=O)N(C4CCC(=O)NC4=O)C5=O)cccc3C(F)(F)F)nc12. The lowest BCUT2D eigenvalue weighted by Crippen LogP contribution is -2.54. The van der Waals surface area contributed by atoms with Gasteiger partial charge in [-0.15, -0.1) is 5.10 Å². The molecule has 2 N–H and O–H groups in total. The van der Waals surface area contributed by atoms with Crippen molar-refractivity contribution < 1.29 is 78.7 Å². The fraction of sp³-hybridized carbons (Fsp3) is 0.432. The number of carbonyl (C=O) groups excluding carboxylic acids is 4. The largest absolute Gasteiger partial charge is 0.491 e. The maximum absolute atomic E-state index is 14.0. The molecule has 25 heteroatoms. The summed E-state index contributed by atoms with van der Waals surface area (Å²) in [5, 5.41) is 6.10. The van der Waals surface area contributed by atoms with Gasteiger partial charge in [0.05, 0.1) is 90.0 Å². The molecule has 334 valence electrons. The highest BCUT2D eigenvalue weighted by Crippen LogP contribution is 2.39. The van der Waals surface area contributed by atoms with E-state index in [0.717, 1.165) is 21.5 Å². The Bertz CT molecular complexity index is 2360. The summed E-state index contributed by atoms with van der Waals surface area (Å²) >= 11 is 0. The van der Waals surface area contributed by atoms with Gasteiger partial charge in [-0.1, -0.05) is 6.07 Å². The molecular formula is C37H40F3N7O14S. The van der Waals surface area contributed by atoms with E-state index in [1.807, 2.05) is 4.72 Å². The highest BCUT2D eigenvalue weighted by Gasteiger charge is 2.45. The van der Waals surface area contributed by atoms with Crippen molar-refractivity contribution in [3.63, 3.8) is 0 Å². The first kappa shape index (κ1) is 45.4. The van der Waals surface area contributed by atoms with Gasteiger partial charge in [0, 0.05) is 6.42 Å². The zero-order valence-electron chi connectivity index (χ0n) is 33.1. The zero-order valence-corrected chi connectivity index (χ0v) is 33.9. The minimum absolute atomic E-state index is 0.0162. The van der Waals surface area contributed by atoms with Crippen LogP contribution in [0.2, 0.25) is 0 Å². The lowest BCUT2D eigenvalue weighted by Gasteiger charge is -2.27. The molecule has 4 aromatic rings. The van der Waals surface area contributed by atoms with E-state index in [4.69, 9.17) is 37.9 Å². The lowest BCUT2D eigenvalue weighted by atomic mass is 10.0. The zero-order chi connectivity index (χ0) is 44.4. The predicted molar refractivity (Wildman–Crippen MR) is 204 cm³/mol. The van der Waals surface area contributed by atoms with Crippen molar-refractivity contribution in [3.05, 3.63) is 59.3 Å². The van der Waals surface area contributed by atoms with Crippen LogP contribution in [0.25, 0.3) is 5.65 Å². The van der Waals surface area contributed by atoms with Gasteiger partial charge in [0.15, 0.2) is 5.75 Å². The number of nitrogens with zero attached hydrogens (tertiary/aromatic N) is 5. The number of fused-ring (bicyclic) bond motifs is 2. The normalized spacial score (nSPS) is 15.5. The summed E-state index contributed by atoms with van der Waals surface area (Å²) in [4.78, 5) is 57.2. The number of anilines is 1. The van der Waals surface area contributed by atoms with Gasteiger partial charge in [-0.3, -0.25) is 29.4 Å². The Morgan fingerprint density at radius 3 is 2.05 bits per heavy atom. The fourth-order valence-corrected chi connectivity index (χ4v) is 7.48. The Balaban J connectivity index is 0.845. The van der Waals surface area contributed by atoms with Crippen LogP contribution in [0.3, 0.4) is 0 Å². The summed E-state index contributed by atoms with van der Waals surface area (Å²) in [6.45, 7) is 1.12. The van der Waals surface area contributed by atoms with E-state index in [0.29, 0.717) is 11.8 Å². The van der Waals surface area contributed by atoms with Gasteiger partial charge in [0.1, 0.15) is 35.7 Å². The van der Waals surface area contributed by atoms with Crippen molar-refractivity contribution in [2.24, 2.45) is 0 Å². The standard InChI is InChI=1S/C37H40F3N7O14S/c1-54-28-21-41-36(55-2)47-31(28)43-35(44-47)45-62(52,53)30-25(37(38,39)40)4-3-5-27(30)61-19-17-59-15-13-57-11-10-56-12-14-58-16-18-60-22-6-7-23-24(20-22)34(51)46(33(23)50)26-8-9-29(48)42-32(26)49/h3-7,20-21,26H,8-19H2,1-2H3,(H,44,45)(H,42,48,49). The number of hydrogen-bond donors (Lipinski definition) is 2. The molecular weight excluding hydrogens is 856 g/mol. The molecule has 0 spiro atoms. The van der Waals surface area contributed by atoms with Crippen LogP contribution >= 0.6 is 0 Å². The maximum Gasteiger partial charge on any atom is 0.417 e. The van der Waals surface area contributed by atoms with Crippen LogP contribution in [0.1, 0.15) is 39.1 Å². The fourth-order valence-electron chi connectivity index (χ4n) is 6.19. The summed E-state index contributed by atoms with van der Waals surface area (Å²) in [6, 6.07) is 5.93. The number of sulfonamides is 1. The third kappa shape index (κ3) is 10.6. The van der Waals surface area contributed by atoms with Crippen molar-refractivity contribution in [1.29, 1.82) is 0 Å². The highest BCUT2D eigenvalue weighted by molar-refractivity contribution is 7.92. The Morgan fingerprint density at radius 2 is 1.44 bits per heavy atom. The molecule has 0 radical (unpaired) electrons. The van der Waals surface area contributed by atoms with Crippen molar-refractivity contribution in [2.75, 3.05) is 85.0 Å². The molecule has 1 saturated heterocycles. The minimum Gasteiger partial charge on any atom is -0.491 e. The van der Waals surface area contributed by atoms with Crippen LogP contribution in [0, 0.1) is 0 Å². The number of aromatic nitrogens is 4. The molecule has 2 aromatic heterocycles. The van der Waals surface area contributed by atoms with Crippen molar-refractivity contribution in [1.82, 2.24) is 29.8 Å². The molecule has 2 aliphatic heterocycles. The van der Waals surface area contributed by atoms with Crippen LogP contribution in [0.15, 0.2) is 47.5 Å². The molecule has 1 unspecified atom stereocenters. The van der Waals surface area contributed by atoms with Crippen LogP contribution < -0.4 is 29.0 Å². The van der Waals surface area contributed by atoms with Crippen molar-refractivity contribution in [2.45, 2.75) is 30.0 Å². The van der Waals surface area contributed by atoms with Crippen molar-refractivity contribution in [3.8, 4) is 23.3 Å². The number of alkyl halides is 3. The second-order valence-corrected chi connectivity index (χ2v) is 14.6. The number of amides is 4. The summed E-state index contributed by atoms with van der Waals surface area (Å²) in [5.41, 5.74) is -1.25. The van der Waals surface area contributed by atoms with Gasteiger partial charge in [-0.25, -0.2) is 13.1 Å². The van der Waals surface area contributed by atoms with Gasteiger partial charge < -0.3 is 37.9 Å². The van der Waals surface area contributed by atoms with Gasteiger partial charge in [-0.05, 0) is 36.8 Å². The Kier molecular flexibility index (Phi) is 14.7. The summed E-state index contributed by atoms with van der Waals surface area (Å²) in [6.07, 6.45) is -3.75. The number of ether oxygens (including phenoxy) is 8. The molecule has 4 heterocycles. The molecule has 0 saturated carbocycles. The number of halogens is 3. The first-order valence-corrected chi connectivity index (χ1v) is 20.2. The van der Waals surface area contributed by atoms with E-state index in [-0.39, 0.29) is 107 Å². The number of imide groups is 2. The number of nitrogens with one attached hydrogen (secondary N) is 2. The average Bonchev–Trinajstić information content (AvgIpc) is 3.76. The molecule has 1 fully saturated rings. The second kappa shape index (κ2) is 20.1. The van der Waals surface area contributed by atoms with E-state index in [9.17, 15) is 40.8 Å². The number of piperidine rings is 1. The maximum atomic E-state index is 14.0. The van der Waals surface area contributed by atoms with Crippen LogP contribution in [0.4, 0.5) is 19.1 Å². The monoisotopic (exact) mass is 895 g/mol. The molecule has 2 aliphatic rings. The third-order valence-corrected chi connectivity index (χ3v) is 10.4. The van der Waals surface area contributed by atoms with Gasteiger partial charge in [0.2, 0.25) is 17.5 Å². The number of hydrogen-bond acceptors (Lipinski definition) is 17. The lowest BCUT2D eigenvalue weighted by molar-refractivity contribution is -0.140. The number of methoxy groups -OCH3 is 2. The molecule has 2 aromatic carbocycles. The predicted octanol–water partition coefficient (Wildman–Crippen LogP) is 1.89. The van der Waals surface area contributed by atoms with E-state index in [2.05, 4.69) is 20.4 Å². The summed E-state index contributed by atoms with van der Waals surface area (Å²) < 4.78 is 115. The van der Waals surface area contributed by atoms with Crippen molar-refractivity contribution >= 4 is 45.2 Å². The Morgan fingerprint density at radius 1 is 0.806 bits per heavy atom. The third-order valence-electron chi connectivity index (χ3n) is 8.99. The van der Waals surface area contributed by atoms with Crippen LogP contribution in [-0.4, -0.2) is 143 Å². The topological polar surface area (TPSA) is 247 Å². The van der Waals surface area contributed by atoms with Crippen LogP contribution in [0.5, 0.6) is 23.3 Å². The van der Waals surface area contributed by atoms with Gasteiger partial charge >= 0.3 is 12.2 Å². The number of rotatable bonds is 23. The first-order chi connectivity index (χ1) is 29.7. The molecule has 1 atom stereocenters. The van der Waals surface area contributed by atoms with Crippen LogP contribution in [-0.2, 0) is 44.7 Å². The quantitative estimate of drug-likeness (QED) is 0.0797. The molecule has 6 rings (SSSR count). The van der Waals surface area contributed by atoms with E-state index in [1.54, 1.807) is 0 Å². The smallest absolute Gasteiger partial charge is 0.417 e. The number of benzene rings is 2.